The Bertz CT molecular complexity index is 655. The maximum atomic E-state index is 10.4. The van der Waals surface area contributed by atoms with Crippen LogP contribution in [0.25, 0.3) is 12.2 Å². The Morgan fingerprint density at radius 2 is 2.10 bits per heavy atom. The molecule has 0 bridgehead atoms. The molecule has 2 aromatic heterocycles. The first-order valence-electron chi connectivity index (χ1n) is 5.51. The van der Waals surface area contributed by atoms with Gasteiger partial charge in [-0.25, -0.2) is 0 Å². The first-order valence-corrected chi connectivity index (χ1v) is 5.51. The van der Waals surface area contributed by atoms with Crippen molar-refractivity contribution in [1.29, 1.82) is 0 Å². The van der Waals surface area contributed by atoms with Gasteiger partial charge in [0.2, 0.25) is 5.89 Å². The molecule has 0 aromatic carbocycles. The molecule has 0 N–H and O–H groups in total. The van der Waals surface area contributed by atoms with Crippen molar-refractivity contribution in [3.63, 3.8) is 0 Å². The Kier molecular flexibility index (Phi) is 3.89. The fourth-order valence-corrected chi connectivity index (χ4v) is 1.19. The van der Waals surface area contributed by atoms with Crippen molar-refractivity contribution in [1.82, 2.24) is 15.1 Å². The molecule has 0 aliphatic rings. The number of hydrogen-bond acceptors (Lipinski definition) is 7. The number of furan rings is 1. The molecule has 0 saturated carbocycles. The Morgan fingerprint density at radius 3 is 2.75 bits per heavy atom. The average Bonchev–Trinajstić information content (AvgIpc) is 3.03. The van der Waals surface area contributed by atoms with Crippen LogP contribution in [0.2, 0.25) is 0 Å². The van der Waals surface area contributed by atoms with E-state index < -0.39 is 4.92 Å². The highest BCUT2D eigenvalue weighted by Crippen LogP contribution is 2.18. The molecular formula is C11H11N5O4. The van der Waals surface area contributed by atoms with Gasteiger partial charge >= 0.3 is 11.9 Å². The number of aliphatic imine (C=N–C) groups is 1. The molecule has 0 fully saturated rings. The largest absolute Gasteiger partial charge is 0.433 e. The zero-order chi connectivity index (χ0) is 14.5. The average molecular weight is 277 g/mol. The fraction of sp³-hybridized carbons (Fsp3) is 0.182. The first kappa shape index (κ1) is 13.5. The molecule has 2 aromatic rings. The van der Waals surface area contributed by atoms with E-state index >= 15 is 0 Å². The smallest absolute Gasteiger partial charge is 0.402 e. The van der Waals surface area contributed by atoms with Gasteiger partial charge in [0.1, 0.15) is 10.7 Å². The van der Waals surface area contributed by atoms with Gasteiger partial charge in [-0.15, -0.1) is 5.10 Å². The SMILES string of the molecule is CN(C)/C=N/c1nnc(/C=C/c2ccc([N+](=O)[O-])o2)o1. The maximum absolute atomic E-state index is 10.4. The molecule has 0 aliphatic heterocycles. The normalized spacial score (nSPS) is 11.5. The van der Waals surface area contributed by atoms with E-state index in [2.05, 4.69) is 15.2 Å². The summed E-state index contributed by atoms with van der Waals surface area (Å²) in [5, 5.41) is 17.9. The van der Waals surface area contributed by atoms with Gasteiger partial charge in [0.25, 0.3) is 0 Å². The lowest BCUT2D eigenvalue weighted by molar-refractivity contribution is -0.402. The summed E-state index contributed by atoms with van der Waals surface area (Å²) in [5.41, 5.74) is 0. The Morgan fingerprint density at radius 1 is 1.30 bits per heavy atom. The van der Waals surface area contributed by atoms with Crippen molar-refractivity contribution in [2.45, 2.75) is 0 Å². The van der Waals surface area contributed by atoms with Gasteiger partial charge in [-0.2, -0.15) is 4.99 Å². The van der Waals surface area contributed by atoms with E-state index in [-0.39, 0.29) is 17.8 Å². The van der Waals surface area contributed by atoms with Crippen LogP contribution in [0.15, 0.2) is 26.0 Å². The molecule has 104 valence electrons. The van der Waals surface area contributed by atoms with E-state index in [1.54, 1.807) is 4.90 Å². The number of aromatic nitrogens is 2. The summed E-state index contributed by atoms with van der Waals surface area (Å²) in [5.74, 6) is 0.203. The molecule has 2 heterocycles. The predicted octanol–water partition coefficient (Wildman–Crippen LogP) is 1.96. The molecule has 0 radical (unpaired) electrons. The van der Waals surface area contributed by atoms with Crippen molar-refractivity contribution in [3.8, 4) is 0 Å². The van der Waals surface area contributed by atoms with E-state index in [9.17, 15) is 10.1 Å². The monoisotopic (exact) mass is 277 g/mol. The third kappa shape index (κ3) is 3.51. The molecule has 0 amide bonds. The molecule has 20 heavy (non-hydrogen) atoms. The summed E-state index contributed by atoms with van der Waals surface area (Å²) in [6.45, 7) is 0. The predicted molar refractivity (Wildman–Crippen MR) is 70.4 cm³/mol. The van der Waals surface area contributed by atoms with Gasteiger partial charge in [0, 0.05) is 20.2 Å². The maximum Gasteiger partial charge on any atom is 0.433 e. The molecule has 9 heteroatoms. The molecule has 0 atom stereocenters. The summed E-state index contributed by atoms with van der Waals surface area (Å²) < 4.78 is 10.1. The van der Waals surface area contributed by atoms with Crippen molar-refractivity contribution in [2.24, 2.45) is 4.99 Å². The number of nitrogens with zero attached hydrogens (tertiary/aromatic N) is 5. The molecular weight excluding hydrogens is 266 g/mol. The van der Waals surface area contributed by atoms with Crippen molar-refractivity contribution >= 4 is 30.4 Å². The zero-order valence-corrected chi connectivity index (χ0v) is 10.8. The molecule has 9 nitrogen and oxygen atoms in total. The molecule has 0 aliphatic carbocycles. The molecule has 0 saturated heterocycles. The van der Waals surface area contributed by atoms with Crippen LogP contribution in [-0.4, -0.2) is 40.5 Å². The van der Waals surface area contributed by atoms with Crippen molar-refractivity contribution < 1.29 is 13.8 Å². The summed E-state index contributed by atoms with van der Waals surface area (Å²) in [7, 11) is 3.62. The van der Waals surface area contributed by atoms with E-state index in [4.69, 9.17) is 8.83 Å². The van der Waals surface area contributed by atoms with Gasteiger partial charge in [0.15, 0.2) is 0 Å². The lowest BCUT2D eigenvalue weighted by Crippen LogP contribution is -2.06. The Labute approximate surface area is 113 Å². The molecule has 2 rings (SSSR count). The van der Waals surface area contributed by atoms with Crippen molar-refractivity contribution in [2.75, 3.05) is 14.1 Å². The lowest BCUT2D eigenvalue weighted by atomic mass is 10.4. The van der Waals surface area contributed by atoms with Gasteiger partial charge in [0.05, 0.1) is 12.4 Å². The van der Waals surface area contributed by atoms with Crippen LogP contribution in [0, 0.1) is 10.1 Å². The highest BCUT2D eigenvalue weighted by atomic mass is 16.6. The van der Waals surface area contributed by atoms with Crippen LogP contribution < -0.4 is 0 Å². The second kappa shape index (κ2) is 5.78. The first-order chi connectivity index (χ1) is 9.54. The third-order valence-corrected chi connectivity index (χ3v) is 2.01. The van der Waals surface area contributed by atoms with Crippen LogP contribution in [-0.2, 0) is 0 Å². The summed E-state index contributed by atoms with van der Waals surface area (Å²) in [6.07, 6.45) is 4.49. The second-order valence-electron chi connectivity index (χ2n) is 3.90. The standard InChI is InChI=1S/C11H11N5O4/c1-15(2)7-12-11-14-13-9(20-11)5-3-8-4-6-10(19-8)16(17)18/h3-7H,1-2H3/b5-3+,12-7+. The third-order valence-electron chi connectivity index (χ3n) is 2.01. The number of nitro groups is 1. The van der Waals surface area contributed by atoms with Crippen LogP contribution in [0.5, 0.6) is 0 Å². The second-order valence-corrected chi connectivity index (χ2v) is 3.90. The van der Waals surface area contributed by atoms with Gasteiger partial charge in [-0.1, -0.05) is 5.10 Å². The van der Waals surface area contributed by atoms with E-state index in [1.807, 2.05) is 14.1 Å². The highest BCUT2D eigenvalue weighted by molar-refractivity contribution is 5.64. The minimum absolute atomic E-state index is 0.115. The van der Waals surface area contributed by atoms with E-state index in [1.165, 1.54) is 30.6 Å². The topological polar surface area (TPSA) is 111 Å². The number of hydrogen-bond donors (Lipinski definition) is 0. The Balaban J connectivity index is 2.05. The highest BCUT2D eigenvalue weighted by Gasteiger charge is 2.10. The molecule has 0 unspecified atom stereocenters. The minimum atomic E-state index is -0.613. The van der Waals surface area contributed by atoms with Crippen LogP contribution in [0.3, 0.4) is 0 Å². The summed E-state index contributed by atoms with van der Waals surface area (Å²) in [4.78, 5) is 15.5. The summed E-state index contributed by atoms with van der Waals surface area (Å²) in [6, 6.07) is 2.85. The van der Waals surface area contributed by atoms with E-state index in [0.717, 1.165) is 0 Å². The van der Waals surface area contributed by atoms with Gasteiger partial charge in [-0.05, 0) is 12.1 Å². The quantitative estimate of drug-likeness (QED) is 0.355. The summed E-state index contributed by atoms with van der Waals surface area (Å²) >= 11 is 0. The minimum Gasteiger partial charge on any atom is -0.402 e. The van der Waals surface area contributed by atoms with Crippen LogP contribution in [0.4, 0.5) is 11.9 Å². The lowest BCUT2D eigenvalue weighted by Gasteiger charge is -1.99. The van der Waals surface area contributed by atoms with Crippen LogP contribution >= 0.6 is 0 Å². The van der Waals surface area contributed by atoms with E-state index in [0.29, 0.717) is 5.76 Å². The van der Waals surface area contributed by atoms with Crippen molar-refractivity contribution in [3.05, 3.63) is 33.9 Å². The van der Waals surface area contributed by atoms with Gasteiger partial charge in [-0.3, -0.25) is 10.1 Å². The number of rotatable bonds is 5. The van der Waals surface area contributed by atoms with Crippen LogP contribution in [0.1, 0.15) is 11.7 Å². The Hall–Kier alpha value is -2.97. The fourth-order valence-electron chi connectivity index (χ4n) is 1.19. The zero-order valence-electron chi connectivity index (χ0n) is 10.8. The molecule has 0 spiro atoms. The van der Waals surface area contributed by atoms with Gasteiger partial charge < -0.3 is 13.7 Å².